The first kappa shape index (κ1) is 34.5. The summed E-state index contributed by atoms with van der Waals surface area (Å²) in [5.74, 6) is -1.52. The first-order valence-corrected chi connectivity index (χ1v) is 17.5. The van der Waals surface area contributed by atoms with Gasteiger partial charge in [0.1, 0.15) is 12.1 Å². The molecule has 42 heavy (non-hydrogen) atoms. The molecule has 2 aliphatic rings. The standard InChI is InChI=1S/C26H38Cl2N4O8S2/c1-17(2)41(36,37)29-16-18-8-11-31(12-9-18)24(33)7-6-22(26(35)40-3)30-25(34)23-5-4-10-32(23)42(38,39)21-14-19(27)13-20(28)15-21/h13-15,17-18,22-23,29H,4-12,16H2,1-3H3,(H,30,34)/t22-,23-/m0/s1. The summed E-state index contributed by atoms with van der Waals surface area (Å²) in [4.78, 5) is 40.1. The van der Waals surface area contributed by atoms with Gasteiger partial charge in [-0.3, -0.25) is 9.59 Å². The van der Waals surface area contributed by atoms with E-state index in [0.717, 1.165) is 11.4 Å². The maximum Gasteiger partial charge on any atom is 0.328 e. The Morgan fingerprint density at radius 3 is 2.19 bits per heavy atom. The number of nitrogens with one attached hydrogen (secondary N) is 2. The van der Waals surface area contributed by atoms with Crippen molar-refractivity contribution in [2.45, 2.75) is 74.6 Å². The maximum absolute atomic E-state index is 13.3. The van der Waals surface area contributed by atoms with Gasteiger partial charge in [-0.15, -0.1) is 0 Å². The smallest absolute Gasteiger partial charge is 0.328 e. The minimum absolute atomic E-state index is 0.0330. The number of sulfonamides is 2. The lowest BCUT2D eigenvalue weighted by Crippen LogP contribution is -2.51. The Morgan fingerprint density at radius 2 is 1.62 bits per heavy atom. The molecule has 0 aliphatic carbocycles. The van der Waals surface area contributed by atoms with Crippen LogP contribution in [0.4, 0.5) is 0 Å². The Bertz CT molecular complexity index is 1350. The normalized spacial score (nSPS) is 19.6. The summed E-state index contributed by atoms with van der Waals surface area (Å²) in [5, 5.41) is 2.33. The van der Waals surface area contributed by atoms with E-state index in [1.54, 1.807) is 18.7 Å². The molecule has 16 heteroatoms. The van der Waals surface area contributed by atoms with Crippen LogP contribution in [0.1, 0.15) is 52.4 Å². The van der Waals surface area contributed by atoms with E-state index in [0.29, 0.717) is 38.9 Å². The third-order valence-electron chi connectivity index (χ3n) is 7.56. The van der Waals surface area contributed by atoms with Gasteiger partial charge in [0.25, 0.3) is 0 Å². The number of halogens is 2. The Hall–Kier alpha value is -1.97. The van der Waals surface area contributed by atoms with Gasteiger partial charge in [0.05, 0.1) is 17.3 Å². The van der Waals surface area contributed by atoms with Crippen LogP contribution in [0, 0.1) is 5.92 Å². The molecular formula is C26H38Cl2N4O8S2. The maximum atomic E-state index is 13.3. The lowest BCUT2D eigenvalue weighted by atomic mass is 9.96. The monoisotopic (exact) mass is 668 g/mol. The van der Waals surface area contributed by atoms with E-state index < -0.39 is 49.3 Å². The molecule has 2 saturated heterocycles. The Balaban J connectivity index is 1.57. The minimum atomic E-state index is -4.11. The van der Waals surface area contributed by atoms with E-state index in [1.165, 1.54) is 18.2 Å². The number of esters is 1. The van der Waals surface area contributed by atoms with Crippen molar-refractivity contribution < 1.29 is 36.0 Å². The van der Waals surface area contributed by atoms with Crippen molar-refractivity contribution in [3.63, 3.8) is 0 Å². The summed E-state index contributed by atoms with van der Waals surface area (Å²) in [6.07, 6.45) is 1.87. The van der Waals surface area contributed by atoms with Crippen LogP contribution in [0.25, 0.3) is 0 Å². The number of ether oxygens (including phenoxy) is 1. The van der Waals surface area contributed by atoms with Gasteiger partial charge in [0.15, 0.2) is 0 Å². The van der Waals surface area contributed by atoms with Gasteiger partial charge < -0.3 is 15.0 Å². The highest BCUT2D eigenvalue weighted by Crippen LogP contribution is 2.30. The van der Waals surface area contributed by atoms with Crippen LogP contribution in [0.5, 0.6) is 0 Å². The molecule has 0 saturated carbocycles. The second-order valence-electron chi connectivity index (χ2n) is 10.8. The highest BCUT2D eigenvalue weighted by molar-refractivity contribution is 7.90. The van der Waals surface area contributed by atoms with Gasteiger partial charge >= 0.3 is 5.97 Å². The molecule has 1 aromatic rings. The van der Waals surface area contributed by atoms with Crippen molar-refractivity contribution in [3.05, 3.63) is 28.2 Å². The number of rotatable bonds is 12. The Labute approximate surface area is 257 Å². The van der Waals surface area contributed by atoms with Gasteiger partial charge in [0, 0.05) is 42.6 Å². The fraction of sp³-hybridized carbons (Fsp3) is 0.654. The molecule has 236 valence electrons. The van der Waals surface area contributed by atoms with Crippen molar-refractivity contribution in [3.8, 4) is 0 Å². The van der Waals surface area contributed by atoms with Crippen LogP contribution in [0.15, 0.2) is 23.1 Å². The number of hydrogen-bond acceptors (Lipinski definition) is 8. The zero-order valence-electron chi connectivity index (χ0n) is 23.8. The predicted octanol–water partition coefficient (Wildman–Crippen LogP) is 2.15. The van der Waals surface area contributed by atoms with E-state index in [9.17, 15) is 31.2 Å². The summed E-state index contributed by atoms with van der Waals surface area (Å²) in [5.41, 5.74) is 0. The number of nitrogens with zero attached hydrogens (tertiary/aromatic N) is 2. The third kappa shape index (κ3) is 8.79. The molecule has 2 N–H and O–H groups in total. The van der Waals surface area contributed by atoms with Crippen molar-refractivity contribution in [2.75, 3.05) is 33.3 Å². The molecule has 0 bridgehead atoms. The number of benzene rings is 1. The first-order valence-electron chi connectivity index (χ1n) is 13.8. The average molecular weight is 670 g/mol. The largest absolute Gasteiger partial charge is 0.467 e. The predicted molar refractivity (Wildman–Crippen MR) is 158 cm³/mol. The molecular weight excluding hydrogens is 631 g/mol. The topological polar surface area (TPSA) is 159 Å². The SMILES string of the molecule is COC(=O)[C@H](CCC(=O)N1CCC(CNS(=O)(=O)C(C)C)CC1)NC(=O)[C@@H]1CCCN1S(=O)(=O)c1cc(Cl)cc(Cl)c1. The zero-order valence-corrected chi connectivity index (χ0v) is 27.0. The van der Waals surface area contributed by atoms with Crippen LogP contribution in [-0.2, 0) is 39.2 Å². The van der Waals surface area contributed by atoms with E-state index in [1.807, 2.05) is 0 Å². The molecule has 2 heterocycles. The highest BCUT2D eigenvalue weighted by Gasteiger charge is 2.41. The second-order valence-corrected chi connectivity index (χ2v) is 15.9. The third-order valence-corrected chi connectivity index (χ3v) is 11.7. The molecule has 2 aliphatic heterocycles. The number of carbonyl (C=O) groups excluding carboxylic acids is 3. The highest BCUT2D eigenvalue weighted by atomic mass is 35.5. The minimum Gasteiger partial charge on any atom is -0.467 e. The number of carbonyl (C=O) groups is 3. The molecule has 0 radical (unpaired) electrons. The van der Waals surface area contributed by atoms with E-state index in [2.05, 4.69) is 10.0 Å². The van der Waals surface area contributed by atoms with Crippen LogP contribution >= 0.6 is 23.2 Å². The van der Waals surface area contributed by atoms with Gasteiger partial charge in [0.2, 0.25) is 31.9 Å². The zero-order chi connectivity index (χ0) is 31.2. The fourth-order valence-corrected chi connectivity index (χ4v) is 8.16. The van der Waals surface area contributed by atoms with Gasteiger partial charge in [-0.25, -0.2) is 26.4 Å². The average Bonchev–Trinajstić information content (AvgIpc) is 3.44. The van der Waals surface area contributed by atoms with Crippen molar-refractivity contribution in [1.82, 2.24) is 19.2 Å². The molecule has 0 spiro atoms. The van der Waals surface area contributed by atoms with Crippen molar-refractivity contribution in [1.29, 1.82) is 0 Å². The van der Waals surface area contributed by atoms with Crippen molar-refractivity contribution >= 4 is 61.0 Å². The van der Waals surface area contributed by atoms with Gasteiger partial charge in [-0.05, 0) is 70.1 Å². The molecule has 2 atom stereocenters. The van der Waals surface area contributed by atoms with Crippen LogP contribution in [0.2, 0.25) is 10.0 Å². The van der Waals surface area contributed by atoms with Gasteiger partial charge in [-0.2, -0.15) is 4.31 Å². The fourth-order valence-electron chi connectivity index (χ4n) is 4.97. The van der Waals surface area contributed by atoms with Crippen LogP contribution in [-0.4, -0.2) is 94.4 Å². The number of likely N-dealkylation sites (tertiary alicyclic amines) is 1. The van der Waals surface area contributed by atoms with Crippen molar-refractivity contribution in [2.24, 2.45) is 5.92 Å². The lowest BCUT2D eigenvalue weighted by Gasteiger charge is -2.32. The van der Waals surface area contributed by atoms with Crippen LogP contribution in [0.3, 0.4) is 0 Å². The number of hydrogen-bond donors (Lipinski definition) is 2. The molecule has 2 amide bonds. The molecule has 2 fully saturated rings. The Morgan fingerprint density at radius 1 is 1.00 bits per heavy atom. The Kier molecular flexibility index (Phi) is 12.1. The summed E-state index contributed by atoms with van der Waals surface area (Å²) in [6, 6.07) is 1.69. The summed E-state index contributed by atoms with van der Waals surface area (Å²) in [6.45, 7) is 4.53. The van der Waals surface area contributed by atoms with Crippen LogP contribution < -0.4 is 10.0 Å². The summed E-state index contributed by atoms with van der Waals surface area (Å²) >= 11 is 12.0. The molecule has 0 aromatic heterocycles. The number of amides is 2. The molecule has 3 rings (SSSR count). The van der Waals surface area contributed by atoms with E-state index >= 15 is 0 Å². The van der Waals surface area contributed by atoms with Gasteiger partial charge in [-0.1, -0.05) is 23.2 Å². The summed E-state index contributed by atoms with van der Waals surface area (Å²) in [7, 11) is -6.31. The number of methoxy groups -OCH3 is 1. The quantitative estimate of drug-likeness (QED) is 0.321. The number of piperidine rings is 1. The second kappa shape index (κ2) is 14.7. The molecule has 12 nitrogen and oxygen atoms in total. The molecule has 1 aromatic carbocycles. The lowest BCUT2D eigenvalue weighted by molar-refractivity contribution is -0.146. The van der Waals surface area contributed by atoms with E-state index in [-0.39, 0.29) is 52.6 Å². The van der Waals surface area contributed by atoms with E-state index in [4.69, 9.17) is 27.9 Å². The summed E-state index contributed by atoms with van der Waals surface area (Å²) < 4.78 is 59.2. The first-order chi connectivity index (χ1) is 19.6. The molecule has 0 unspecified atom stereocenters.